The second-order valence-corrected chi connectivity index (χ2v) is 5.47. The van der Waals surface area contributed by atoms with Crippen molar-refractivity contribution >= 4 is 11.8 Å². The van der Waals surface area contributed by atoms with Crippen LogP contribution in [0.5, 0.6) is 0 Å². The molecule has 19 heavy (non-hydrogen) atoms. The van der Waals surface area contributed by atoms with E-state index < -0.39 is 11.7 Å². The third-order valence-corrected chi connectivity index (χ3v) is 2.33. The van der Waals surface area contributed by atoms with Crippen LogP contribution in [0.25, 0.3) is 0 Å². The molecule has 0 saturated carbocycles. The minimum absolute atomic E-state index is 0.0437. The van der Waals surface area contributed by atoms with Crippen molar-refractivity contribution in [3.63, 3.8) is 0 Å². The summed E-state index contributed by atoms with van der Waals surface area (Å²) in [7, 11) is 0. The van der Waals surface area contributed by atoms with E-state index in [1.54, 1.807) is 12.1 Å². The number of benzene rings is 1. The van der Waals surface area contributed by atoms with Crippen molar-refractivity contribution in [3.8, 4) is 0 Å². The molecular weight excluding hydrogens is 244 g/mol. The lowest BCUT2D eigenvalue weighted by atomic mass is 10.1. The number of hydrogen-bond donors (Lipinski definition) is 3. The van der Waals surface area contributed by atoms with Crippen LogP contribution in [0.15, 0.2) is 24.3 Å². The zero-order valence-corrected chi connectivity index (χ0v) is 11.6. The molecule has 0 bridgehead atoms. The molecule has 106 valence electrons. The van der Waals surface area contributed by atoms with E-state index in [0.29, 0.717) is 12.1 Å². The van der Waals surface area contributed by atoms with Gasteiger partial charge in [-0.1, -0.05) is 12.1 Å². The second-order valence-electron chi connectivity index (χ2n) is 5.47. The van der Waals surface area contributed by atoms with Crippen molar-refractivity contribution < 1.29 is 14.6 Å². The van der Waals surface area contributed by atoms with Gasteiger partial charge < -0.3 is 15.6 Å². The highest BCUT2D eigenvalue weighted by Crippen LogP contribution is 2.13. The molecule has 0 spiro atoms. The number of aliphatic hydroxyl groups is 1. The fourth-order valence-corrected chi connectivity index (χ4v) is 1.51. The summed E-state index contributed by atoms with van der Waals surface area (Å²) in [4.78, 5) is 11.6. The van der Waals surface area contributed by atoms with Crippen molar-refractivity contribution in [3.05, 3.63) is 29.8 Å². The summed E-state index contributed by atoms with van der Waals surface area (Å²) in [6.07, 6.45) is 0.121. The lowest BCUT2D eigenvalue weighted by Crippen LogP contribution is -2.27. The number of rotatable bonds is 4. The summed E-state index contributed by atoms with van der Waals surface area (Å²) >= 11 is 0. The van der Waals surface area contributed by atoms with E-state index in [1.807, 2.05) is 32.9 Å². The first-order valence-electron chi connectivity index (χ1n) is 6.25. The third kappa shape index (κ3) is 6.22. The zero-order valence-electron chi connectivity index (χ0n) is 11.6. The van der Waals surface area contributed by atoms with Gasteiger partial charge in [0.2, 0.25) is 0 Å². The Bertz CT molecular complexity index is 410. The van der Waals surface area contributed by atoms with E-state index in [4.69, 9.17) is 15.6 Å². The molecule has 1 rings (SSSR count). The quantitative estimate of drug-likeness (QED) is 0.777. The molecule has 1 amide bonds. The summed E-state index contributed by atoms with van der Waals surface area (Å²) in [5.41, 5.74) is 6.81. The molecule has 0 aliphatic rings. The maximum atomic E-state index is 11.6. The van der Waals surface area contributed by atoms with Crippen LogP contribution in [-0.4, -0.2) is 29.4 Å². The van der Waals surface area contributed by atoms with Gasteiger partial charge in [0.1, 0.15) is 5.60 Å². The Morgan fingerprint density at radius 2 is 1.95 bits per heavy atom. The van der Waals surface area contributed by atoms with Crippen LogP contribution in [0.3, 0.4) is 0 Å². The predicted molar refractivity (Wildman–Crippen MR) is 75.1 cm³/mol. The highest BCUT2D eigenvalue weighted by molar-refractivity contribution is 5.84. The second kappa shape index (κ2) is 6.54. The molecule has 1 aromatic rings. The van der Waals surface area contributed by atoms with E-state index in [1.165, 1.54) is 0 Å². The van der Waals surface area contributed by atoms with Crippen LogP contribution < -0.4 is 11.1 Å². The predicted octanol–water partition coefficient (Wildman–Crippen LogP) is 1.90. The molecule has 0 aromatic heterocycles. The fraction of sp³-hybridized carbons (Fsp3) is 0.500. The smallest absolute Gasteiger partial charge is 0.412 e. The highest BCUT2D eigenvalue weighted by Gasteiger charge is 2.16. The number of amides is 1. The Kier molecular flexibility index (Phi) is 5.32. The van der Waals surface area contributed by atoms with Gasteiger partial charge in [-0.3, -0.25) is 5.32 Å². The van der Waals surface area contributed by atoms with Crippen LogP contribution in [0, 0.1) is 0 Å². The van der Waals surface area contributed by atoms with E-state index in [0.717, 1.165) is 5.56 Å². The Morgan fingerprint density at radius 1 is 1.37 bits per heavy atom. The molecular formula is C14H22N2O3. The number of ether oxygens (including phenoxy) is 1. The van der Waals surface area contributed by atoms with Gasteiger partial charge in [0, 0.05) is 11.7 Å². The first kappa shape index (κ1) is 15.5. The number of aliphatic hydroxyl groups excluding tert-OH is 1. The van der Waals surface area contributed by atoms with Crippen molar-refractivity contribution in [1.82, 2.24) is 0 Å². The lowest BCUT2D eigenvalue weighted by molar-refractivity contribution is 0.0636. The first-order chi connectivity index (χ1) is 8.80. The minimum atomic E-state index is -0.516. The number of nitrogens with one attached hydrogen (secondary N) is 1. The van der Waals surface area contributed by atoms with Gasteiger partial charge in [0.15, 0.2) is 0 Å². The molecule has 0 aliphatic carbocycles. The maximum Gasteiger partial charge on any atom is 0.412 e. The Labute approximate surface area is 113 Å². The summed E-state index contributed by atoms with van der Waals surface area (Å²) in [5, 5.41) is 11.5. The maximum absolute atomic E-state index is 11.6. The lowest BCUT2D eigenvalue weighted by Gasteiger charge is -2.19. The van der Waals surface area contributed by atoms with Crippen LogP contribution in [0.2, 0.25) is 0 Å². The average Bonchev–Trinajstić information content (AvgIpc) is 2.29. The van der Waals surface area contributed by atoms with Crippen molar-refractivity contribution in [2.24, 2.45) is 5.73 Å². The molecule has 1 aromatic carbocycles. The zero-order chi connectivity index (χ0) is 14.5. The number of hydrogen-bond acceptors (Lipinski definition) is 4. The van der Waals surface area contributed by atoms with Crippen LogP contribution in [0.1, 0.15) is 26.3 Å². The van der Waals surface area contributed by atoms with Gasteiger partial charge in [-0.25, -0.2) is 4.79 Å². The number of carbonyl (C=O) groups is 1. The number of carbonyl (C=O) groups excluding carboxylic acids is 1. The number of nitrogens with two attached hydrogens (primary N) is 1. The first-order valence-corrected chi connectivity index (χ1v) is 6.25. The Balaban J connectivity index is 2.55. The SMILES string of the molecule is CC(C)(C)OC(=O)Nc1ccc(C[C@H](N)CO)cc1. The molecule has 4 N–H and O–H groups in total. The Hall–Kier alpha value is -1.59. The van der Waals surface area contributed by atoms with Gasteiger partial charge in [0.05, 0.1) is 6.61 Å². The van der Waals surface area contributed by atoms with Gasteiger partial charge in [-0.05, 0) is 44.9 Å². The van der Waals surface area contributed by atoms with Crippen molar-refractivity contribution in [1.29, 1.82) is 0 Å². The molecule has 0 aliphatic heterocycles. The summed E-state index contributed by atoms with van der Waals surface area (Å²) in [5.74, 6) is 0. The minimum Gasteiger partial charge on any atom is -0.444 e. The van der Waals surface area contributed by atoms with Crippen LogP contribution in [0.4, 0.5) is 10.5 Å². The topological polar surface area (TPSA) is 84.6 Å². The highest BCUT2D eigenvalue weighted by atomic mass is 16.6. The largest absolute Gasteiger partial charge is 0.444 e. The van der Waals surface area contributed by atoms with Gasteiger partial charge in [-0.15, -0.1) is 0 Å². The van der Waals surface area contributed by atoms with Crippen molar-refractivity contribution in [2.75, 3.05) is 11.9 Å². The van der Waals surface area contributed by atoms with Crippen molar-refractivity contribution in [2.45, 2.75) is 38.8 Å². The Morgan fingerprint density at radius 3 is 2.42 bits per heavy atom. The number of anilines is 1. The molecule has 0 saturated heterocycles. The fourth-order valence-electron chi connectivity index (χ4n) is 1.51. The summed E-state index contributed by atoms with van der Waals surface area (Å²) < 4.78 is 5.15. The summed E-state index contributed by atoms with van der Waals surface area (Å²) in [6.45, 7) is 5.39. The molecule has 0 fully saturated rings. The van der Waals surface area contributed by atoms with E-state index in [9.17, 15) is 4.79 Å². The van der Waals surface area contributed by atoms with Gasteiger partial charge in [0.25, 0.3) is 0 Å². The van der Waals surface area contributed by atoms with E-state index in [-0.39, 0.29) is 12.6 Å². The monoisotopic (exact) mass is 266 g/mol. The van der Waals surface area contributed by atoms with E-state index in [2.05, 4.69) is 5.32 Å². The standard InChI is InChI=1S/C14H22N2O3/c1-14(2,3)19-13(18)16-12-6-4-10(5-7-12)8-11(15)9-17/h4-7,11,17H,8-9,15H2,1-3H3,(H,16,18)/t11-/m0/s1. The molecule has 0 unspecified atom stereocenters. The molecule has 5 heteroatoms. The molecule has 0 radical (unpaired) electrons. The third-order valence-electron chi connectivity index (χ3n) is 2.33. The molecule has 5 nitrogen and oxygen atoms in total. The normalized spacial score (nSPS) is 12.9. The van der Waals surface area contributed by atoms with Crippen LogP contribution in [-0.2, 0) is 11.2 Å². The van der Waals surface area contributed by atoms with Gasteiger partial charge in [-0.2, -0.15) is 0 Å². The molecule has 0 heterocycles. The van der Waals surface area contributed by atoms with E-state index >= 15 is 0 Å². The molecule has 1 atom stereocenters. The average molecular weight is 266 g/mol. The van der Waals surface area contributed by atoms with Crippen LogP contribution >= 0.6 is 0 Å². The van der Waals surface area contributed by atoms with Gasteiger partial charge >= 0.3 is 6.09 Å². The summed E-state index contributed by atoms with van der Waals surface area (Å²) in [6, 6.07) is 7.03.